The fraction of sp³-hybridized carbons (Fsp3) is 0.350. The highest BCUT2D eigenvalue weighted by Gasteiger charge is 2.29. The van der Waals surface area contributed by atoms with Gasteiger partial charge in [-0.25, -0.2) is 71.7 Å². The van der Waals surface area contributed by atoms with Crippen LogP contribution in [0.1, 0.15) is 172 Å². The largest absolute Gasteiger partial charge is 0.493 e. The van der Waals surface area contributed by atoms with Gasteiger partial charge in [0.2, 0.25) is 0 Å². The molecule has 0 unspecified atom stereocenters. The number of urea groups is 4. The second-order valence-corrected chi connectivity index (χ2v) is 33.6. The van der Waals surface area contributed by atoms with Crippen LogP contribution in [0, 0.1) is 27.7 Å². The van der Waals surface area contributed by atoms with Gasteiger partial charge in [0.15, 0.2) is 0 Å². The summed E-state index contributed by atoms with van der Waals surface area (Å²) in [5.41, 5.74) is 6.57. The number of unbranched alkanes of at least 4 members (excludes halogenated alkanes) is 8. The molecule has 0 aliphatic heterocycles. The van der Waals surface area contributed by atoms with Crippen LogP contribution in [0.3, 0.4) is 0 Å². The maximum absolute atomic E-state index is 14.4. The molecule has 8 aromatic carbocycles. The predicted molar refractivity (Wildman–Crippen MR) is 419 cm³/mol. The van der Waals surface area contributed by atoms with Gasteiger partial charge >= 0.3 is 24.1 Å². The third kappa shape index (κ3) is 22.9. The summed E-state index contributed by atoms with van der Waals surface area (Å²) < 4.78 is 148. The summed E-state index contributed by atoms with van der Waals surface area (Å²) in [5.74, 6) is 1.22. The number of carbonyl (C=O) groups excluding carboxylic acids is 4. The summed E-state index contributed by atoms with van der Waals surface area (Å²) in [6, 6.07) is 32.3. The maximum Gasteiger partial charge on any atom is 0.333 e. The van der Waals surface area contributed by atoms with E-state index in [4.69, 9.17) is 18.9 Å². The molecule has 0 aromatic heterocycles. The Kier molecular flexibility index (Phi) is 28.5. The van der Waals surface area contributed by atoms with Crippen LogP contribution in [0.2, 0.25) is 0 Å². The van der Waals surface area contributed by atoms with Crippen LogP contribution in [0.4, 0.5) is 41.9 Å². The number of benzene rings is 8. The maximum atomic E-state index is 14.4. The zero-order valence-corrected chi connectivity index (χ0v) is 65.4. The average molecular weight is 1550 g/mol. The van der Waals surface area contributed by atoms with Crippen LogP contribution in [0.5, 0.6) is 23.0 Å². The van der Waals surface area contributed by atoms with Gasteiger partial charge in [-0.15, -0.1) is 0 Å². The van der Waals surface area contributed by atoms with Crippen LogP contribution < -0.4 is 59.1 Å². The van der Waals surface area contributed by atoms with Crippen LogP contribution in [-0.4, -0.2) is 84.2 Å². The third-order valence-corrected chi connectivity index (χ3v) is 23.1. The first-order valence-electron chi connectivity index (χ1n) is 36.3. The van der Waals surface area contributed by atoms with Crippen molar-refractivity contribution in [1.82, 2.24) is 18.9 Å². The van der Waals surface area contributed by atoms with Crippen molar-refractivity contribution >= 4 is 87.0 Å². The van der Waals surface area contributed by atoms with Gasteiger partial charge in [-0.1, -0.05) is 150 Å². The second-order valence-electron chi connectivity index (χ2n) is 26.9. The summed E-state index contributed by atoms with van der Waals surface area (Å²) in [4.78, 5) is 56.9. The monoisotopic (exact) mass is 1550 g/mol. The van der Waals surface area contributed by atoms with E-state index in [-0.39, 0.29) is 94.4 Å². The molecule has 8 N–H and O–H groups in total. The molecule has 24 nitrogen and oxygen atoms in total. The summed E-state index contributed by atoms with van der Waals surface area (Å²) in [6.45, 7) is 16.0. The lowest BCUT2D eigenvalue weighted by Gasteiger charge is -2.25. The summed E-state index contributed by atoms with van der Waals surface area (Å²) >= 11 is 0. The topological polar surface area (TPSA) is 338 Å². The molecular weight excluding hydrogens is 1460 g/mol. The van der Waals surface area contributed by atoms with Crippen LogP contribution in [-0.2, 0) is 65.8 Å². The second kappa shape index (κ2) is 37.6. The van der Waals surface area contributed by atoms with Gasteiger partial charge in [0.25, 0.3) is 40.1 Å². The van der Waals surface area contributed by atoms with E-state index in [0.29, 0.717) is 93.2 Å². The first-order chi connectivity index (χ1) is 51.5. The molecule has 28 heteroatoms. The van der Waals surface area contributed by atoms with Gasteiger partial charge < -0.3 is 40.2 Å². The fourth-order valence-electron chi connectivity index (χ4n) is 12.2. The third-order valence-electron chi connectivity index (χ3n) is 17.7. The molecule has 8 amide bonds. The van der Waals surface area contributed by atoms with Crippen molar-refractivity contribution in [1.29, 1.82) is 0 Å². The Morgan fingerprint density at radius 1 is 0.278 bits per heavy atom. The Balaban J connectivity index is 1.34. The van der Waals surface area contributed by atoms with Crippen molar-refractivity contribution in [2.24, 2.45) is 0 Å². The van der Waals surface area contributed by atoms with E-state index in [1.807, 2.05) is 27.7 Å². The minimum absolute atomic E-state index is 0.0791. The Morgan fingerprint density at radius 2 is 0.444 bits per heavy atom. The number of fused-ring (bicyclic) bond motifs is 8. The number of nitrogens with one attached hydrogen (secondary N) is 8. The van der Waals surface area contributed by atoms with Gasteiger partial charge in [0, 0.05) is 92.9 Å². The number of sulfonamides is 4. The van der Waals surface area contributed by atoms with Crippen LogP contribution >= 0.6 is 0 Å². The fourth-order valence-corrected chi connectivity index (χ4v) is 15.9. The van der Waals surface area contributed by atoms with E-state index in [1.165, 1.54) is 48.5 Å². The normalized spacial score (nSPS) is 12.2. The Morgan fingerprint density at radius 3 is 0.602 bits per heavy atom. The molecule has 0 fully saturated rings. The first-order valence-corrected chi connectivity index (χ1v) is 42.2. The lowest BCUT2D eigenvalue weighted by Crippen LogP contribution is -2.34. The standard InChI is InChI=1S/C80H96N8O16S4/c1-9-13-17-37-101-73-57-41-59-47-66(82-78(90)86-106(95,96)70-31-23-54(6)24-32-70)49-61(74(59)102-38-18-14-10-2)43-63-51-68(84-80(92)88-108(99,100)72-35-27-56(8)28-36-72)52-64(76(63)104-40-20-16-12-4)44-62-50-67(83-79(91)87-107(97,98)71-33-25-55(7)26-34-71)48-60(75(62)103-39-19-15-11-3)42-58(73)46-65(45-57)81-77(89)85-105(93,94)69-29-21-53(5)22-30-69/h21-36,45-52H,9-20,37-44H2,1-8H3,(H2,81,85,89)(H2,82,86,90)(H2,83,87,91)(H2,84,88,92). The number of amides is 8. The molecule has 0 atom stereocenters. The molecular formula is C80H96N8O16S4. The van der Waals surface area contributed by atoms with Crippen molar-refractivity contribution in [3.63, 3.8) is 0 Å². The Hall–Kier alpha value is -10.2. The van der Waals surface area contributed by atoms with Gasteiger partial charge in [0.05, 0.1) is 46.0 Å². The van der Waals surface area contributed by atoms with Crippen molar-refractivity contribution in [2.45, 2.75) is 178 Å². The van der Waals surface area contributed by atoms with E-state index in [0.717, 1.165) is 73.6 Å². The van der Waals surface area contributed by atoms with Crippen molar-refractivity contribution < 1.29 is 71.8 Å². The highest BCUT2D eigenvalue weighted by atomic mass is 32.2. The van der Waals surface area contributed by atoms with Gasteiger partial charge in [-0.3, -0.25) is 0 Å². The van der Waals surface area contributed by atoms with Crippen LogP contribution in [0.25, 0.3) is 0 Å². The van der Waals surface area contributed by atoms with Crippen molar-refractivity contribution in [2.75, 3.05) is 47.7 Å². The Bertz CT molecular complexity index is 4280. The van der Waals surface area contributed by atoms with E-state index in [9.17, 15) is 52.8 Å². The number of anilines is 4. The predicted octanol–water partition coefficient (Wildman–Crippen LogP) is 15.9. The highest BCUT2D eigenvalue weighted by molar-refractivity contribution is 7.91. The number of ether oxygens (including phenoxy) is 4. The molecule has 576 valence electrons. The number of hydrogen-bond donors (Lipinski definition) is 8. The quantitative estimate of drug-likeness (QED) is 0.0182. The number of hydrogen-bond acceptors (Lipinski definition) is 16. The van der Waals surface area contributed by atoms with Gasteiger partial charge in [0.1, 0.15) is 23.0 Å². The molecule has 0 saturated carbocycles. The smallest absolute Gasteiger partial charge is 0.333 e. The van der Waals surface area contributed by atoms with Crippen LogP contribution in [0.15, 0.2) is 165 Å². The molecule has 9 rings (SSSR count). The summed E-state index contributed by atoms with van der Waals surface area (Å²) in [6.07, 6.45) is 8.12. The van der Waals surface area contributed by atoms with E-state index in [2.05, 4.69) is 40.2 Å². The van der Waals surface area contributed by atoms with Crippen molar-refractivity contribution in [3.05, 3.63) is 212 Å². The molecule has 1 aliphatic carbocycles. The first kappa shape index (κ1) is 81.9. The highest BCUT2D eigenvalue weighted by Crippen LogP contribution is 2.44. The van der Waals surface area contributed by atoms with E-state index in [1.54, 1.807) is 125 Å². The summed E-state index contributed by atoms with van der Waals surface area (Å²) in [7, 11) is -17.9. The molecule has 1 aliphatic rings. The molecule has 108 heavy (non-hydrogen) atoms. The molecule has 0 heterocycles. The minimum atomic E-state index is -4.47. The van der Waals surface area contributed by atoms with E-state index < -0.39 is 64.2 Å². The van der Waals surface area contributed by atoms with Crippen molar-refractivity contribution in [3.8, 4) is 23.0 Å². The lowest BCUT2D eigenvalue weighted by molar-refractivity contribution is 0.255. The van der Waals surface area contributed by atoms with E-state index >= 15 is 0 Å². The minimum Gasteiger partial charge on any atom is -0.493 e. The molecule has 8 bridgehead atoms. The molecule has 0 saturated heterocycles. The molecule has 8 aromatic rings. The summed E-state index contributed by atoms with van der Waals surface area (Å²) in [5, 5.41) is 11.1. The number of rotatable bonds is 32. The molecule has 0 spiro atoms. The van der Waals surface area contributed by atoms with Gasteiger partial charge in [-0.2, -0.15) is 0 Å². The van der Waals surface area contributed by atoms with Gasteiger partial charge in [-0.05, 0) is 150 Å². The number of aryl methyl sites for hydroxylation is 4. The zero-order chi connectivity index (χ0) is 77.8. The average Bonchev–Trinajstić information content (AvgIpc) is 0.770. The SMILES string of the molecule is CCCCCOc1c2cc(NC(=O)NS(=O)(=O)c3ccc(C)cc3)cc1Cc1cc(NC(=O)NS(=O)(=O)c3ccc(C)cc3)cc(c1OCCCCC)Cc1cc(NC(=O)NS(=O)(=O)c3ccc(C)cc3)cc(c1OCCCCC)Cc1cc(NC(=O)NS(=O)(=O)c3ccc(C)cc3)cc(c1OCCCCC)C2. The molecule has 0 radical (unpaired) electrons. The number of carbonyl (C=O) groups is 4. The Labute approximate surface area is 634 Å². The zero-order valence-electron chi connectivity index (χ0n) is 62.2. The lowest BCUT2D eigenvalue weighted by atomic mass is 9.90.